The van der Waals surface area contributed by atoms with Crippen molar-refractivity contribution < 1.29 is 9.53 Å². The van der Waals surface area contributed by atoms with Gasteiger partial charge in [0.15, 0.2) is 0 Å². The first-order valence-corrected chi connectivity index (χ1v) is 7.32. The molecule has 0 radical (unpaired) electrons. The number of amides is 1. The Morgan fingerprint density at radius 2 is 1.45 bits per heavy atom. The molecule has 0 atom stereocenters. The molecule has 0 saturated heterocycles. The van der Waals surface area contributed by atoms with E-state index in [1.54, 1.807) is 0 Å². The lowest BCUT2D eigenvalue weighted by Gasteiger charge is -2.24. The molecule has 0 saturated carbocycles. The SMILES string of the molecule is CN(C)CCCN(CCCN(C)C)C(=O)COCCN. The van der Waals surface area contributed by atoms with E-state index in [4.69, 9.17) is 10.5 Å². The van der Waals surface area contributed by atoms with Gasteiger partial charge in [-0.05, 0) is 54.1 Å². The lowest BCUT2D eigenvalue weighted by molar-refractivity contribution is -0.136. The first-order valence-electron chi connectivity index (χ1n) is 7.32. The first-order chi connectivity index (χ1) is 9.47. The van der Waals surface area contributed by atoms with Crippen molar-refractivity contribution in [2.45, 2.75) is 12.8 Å². The van der Waals surface area contributed by atoms with Crippen LogP contribution >= 0.6 is 0 Å². The Morgan fingerprint density at radius 3 is 1.85 bits per heavy atom. The molecule has 120 valence electrons. The second-order valence-electron chi connectivity index (χ2n) is 5.54. The van der Waals surface area contributed by atoms with Gasteiger partial charge >= 0.3 is 0 Å². The quantitative estimate of drug-likeness (QED) is 0.499. The minimum absolute atomic E-state index is 0.0657. The maximum Gasteiger partial charge on any atom is 0.248 e. The summed E-state index contributed by atoms with van der Waals surface area (Å²) >= 11 is 0. The van der Waals surface area contributed by atoms with Crippen molar-refractivity contribution in [1.29, 1.82) is 0 Å². The largest absolute Gasteiger partial charge is 0.370 e. The van der Waals surface area contributed by atoms with Gasteiger partial charge in [0, 0.05) is 19.6 Å². The molecule has 0 fully saturated rings. The van der Waals surface area contributed by atoms with Gasteiger partial charge in [-0.3, -0.25) is 4.79 Å². The Morgan fingerprint density at radius 1 is 0.950 bits per heavy atom. The summed E-state index contributed by atoms with van der Waals surface area (Å²) in [5.41, 5.74) is 5.36. The molecule has 1 amide bonds. The van der Waals surface area contributed by atoms with Crippen LogP contribution in [0.15, 0.2) is 0 Å². The van der Waals surface area contributed by atoms with E-state index in [1.165, 1.54) is 0 Å². The molecule has 0 aliphatic heterocycles. The van der Waals surface area contributed by atoms with Gasteiger partial charge in [-0.2, -0.15) is 0 Å². The predicted molar refractivity (Wildman–Crippen MR) is 82.8 cm³/mol. The van der Waals surface area contributed by atoms with Crippen molar-refractivity contribution in [2.75, 3.05) is 74.1 Å². The Labute approximate surface area is 123 Å². The fourth-order valence-corrected chi connectivity index (χ4v) is 1.85. The second-order valence-corrected chi connectivity index (χ2v) is 5.54. The molecule has 20 heavy (non-hydrogen) atoms. The van der Waals surface area contributed by atoms with Crippen molar-refractivity contribution in [2.24, 2.45) is 5.73 Å². The summed E-state index contributed by atoms with van der Waals surface area (Å²) in [6, 6.07) is 0. The monoisotopic (exact) mass is 288 g/mol. The van der Waals surface area contributed by atoms with Crippen molar-refractivity contribution in [1.82, 2.24) is 14.7 Å². The van der Waals surface area contributed by atoms with Crippen molar-refractivity contribution in [3.8, 4) is 0 Å². The van der Waals surface area contributed by atoms with E-state index >= 15 is 0 Å². The van der Waals surface area contributed by atoms with Gasteiger partial charge in [-0.15, -0.1) is 0 Å². The average Bonchev–Trinajstić information content (AvgIpc) is 2.36. The van der Waals surface area contributed by atoms with Crippen LogP contribution in [0.2, 0.25) is 0 Å². The minimum atomic E-state index is 0.0657. The molecule has 0 aromatic heterocycles. The summed E-state index contributed by atoms with van der Waals surface area (Å²) in [5.74, 6) is 0.0657. The molecule has 2 N–H and O–H groups in total. The third kappa shape index (κ3) is 11.2. The highest BCUT2D eigenvalue weighted by Gasteiger charge is 2.13. The molecule has 6 nitrogen and oxygen atoms in total. The number of hydrogen-bond acceptors (Lipinski definition) is 5. The zero-order valence-electron chi connectivity index (χ0n) is 13.6. The second kappa shape index (κ2) is 12.1. The summed E-state index contributed by atoms with van der Waals surface area (Å²) in [4.78, 5) is 18.3. The van der Waals surface area contributed by atoms with E-state index in [0.29, 0.717) is 13.2 Å². The van der Waals surface area contributed by atoms with Crippen LogP contribution in [-0.2, 0) is 9.53 Å². The van der Waals surface area contributed by atoms with Crippen LogP contribution in [0.3, 0.4) is 0 Å². The van der Waals surface area contributed by atoms with E-state index < -0.39 is 0 Å². The van der Waals surface area contributed by atoms with Crippen molar-refractivity contribution in [3.63, 3.8) is 0 Å². The molecule has 0 heterocycles. The molecule has 0 aromatic rings. The zero-order chi connectivity index (χ0) is 15.4. The number of rotatable bonds is 12. The van der Waals surface area contributed by atoms with Gasteiger partial charge < -0.3 is 25.2 Å². The maximum atomic E-state index is 12.1. The van der Waals surface area contributed by atoms with E-state index in [0.717, 1.165) is 39.0 Å². The van der Waals surface area contributed by atoms with Crippen LogP contribution in [0.5, 0.6) is 0 Å². The van der Waals surface area contributed by atoms with Gasteiger partial charge in [0.2, 0.25) is 5.91 Å². The lowest BCUT2D eigenvalue weighted by Crippen LogP contribution is -2.38. The average molecular weight is 288 g/mol. The Bertz CT molecular complexity index is 233. The molecule has 6 heteroatoms. The van der Waals surface area contributed by atoms with Crippen LogP contribution in [0.4, 0.5) is 0 Å². The van der Waals surface area contributed by atoms with Gasteiger partial charge in [0.25, 0.3) is 0 Å². The van der Waals surface area contributed by atoms with Crippen LogP contribution < -0.4 is 5.73 Å². The normalized spacial score (nSPS) is 11.3. The minimum Gasteiger partial charge on any atom is -0.370 e. The van der Waals surface area contributed by atoms with Gasteiger partial charge in [0.05, 0.1) is 6.61 Å². The summed E-state index contributed by atoms with van der Waals surface area (Å²) in [6.45, 7) is 4.58. The van der Waals surface area contributed by atoms with Crippen LogP contribution in [-0.4, -0.2) is 94.7 Å². The molecule has 0 aromatic carbocycles. The number of hydrogen-bond donors (Lipinski definition) is 1. The number of carbonyl (C=O) groups excluding carboxylic acids is 1. The van der Waals surface area contributed by atoms with Crippen molar-refractivity contribution >= 4 is 5.91 Å². The first kappa shape index (κ1) is 19.3. The molecule has 0 bridgehead atoms. The summed E-state index contributed by atoms with van der Waals surface area (Å²) < 4.78 is 5.24. The predicted octanol–water partition coefficient (Wildman–Crippen LogP) is -0.306. The fourth-order valence-electron chi connectivity index (χ4n) is 1.85. The summed E-state index contributed by atoms with van der Waals surface area (Å²) in [5, 5.41) is 0. The fraction of sp³-hybridized carbons (Fsp3) is 0.929. The number of carbonyl (C=O) groups is 1. The Hall–Kier alpha value is -0.690. The highest BCUT2D eigenvalue weighted by molar-refractivity contribution is 5.77. The molecule has 0 spiro atoms. The van der Waals surface area contributed by atoms with Crippen LogP contribution in [0, 0.1) is 0 Å². The molecular formula is C14H32N4O2. The van der Waals surface area contributed by atoms with Gasteiger partial charge in [-0.1, -0.05) is 0 Å². The third-order valence-electron chi connectivity index (χ3n) is 2.91. The summed E-state index contributed by atoms with van der Waals surface area (Å²) in [6.07, 6.45) is 1.97. The van der Waals surface area contributed by atoms with Crippen LogP contribution in [0.25, 0.3) is 0 Å². The van der Waals surface area contributed by atoms with E-state index in [-0.39, 0.29) is 12.5 Å². The number of ether oxygens (including phenoxy) is 1. The molecular weight excluding hydrogens is 256 g/mol. The molecule has 0 aliphatic rings. The highest BCUT2D eigenvalue weighted by atomic mass is 16.5. The number of nitrogens with two attached hydrogens (primary N) is 1. The van der Waals surface area contributed by atoms with Gasteiger partial charge in [0.1, 0.15) is 6.61 Å². The topological polar surface area (TPSA) is 62.0 Å². The highest BCUT2D eigenvalue weighted by Crippen LogP contribution is 1.98. The summed E-state index contributed by atoms with van der Waals surface area (Å²) in [7, 11) is 8.18. The maximum absolute atomic E-state index is 12.1. The van der Waals surface area contributed by atoms with E-state index in [1.807, 2.05) is 33.1 Å². The molecule has 0 rings (SSSR count). The lowest BCUT2D eigenvalue weighted by atomic mass is 10.3. The standard InChI is InChI=1S/C14H32N4O2/c1-16(2)8-5-10-18(11-6-9-17(3)4)14(19)13-20-12-7-15/h5-13,15H2,1-4H3. The van der Waals surface area contributed by atoms with Gasteiger partial charge in [-0.25, -0.2) is 0 Å². The smallest absolute Gasteiger partial charge is 0.248 e. The zero-order valence-corrected chi connectivity index (χ0v) is 13.6. The Kier molecular flexibility index (Phi) is 11.7. The van der Waals surface area contributed by atoms with Crippen LogP contribution in [0.1, 0.15) is 12.8 Å². The van der Waals surface area contributed by atoms with E-state index in [9.17, 15) is 4.79 Å². The van der Waals surface area contributed by atoms with Crippen molar-refractivity contribution in [3.05, 3.63) is 0 Å². The number of nitrogens with zero attached hydrogens (tertiary/aromatic N) is 3. The van der Waals surface area contributed by atoms with E-state index in [2.05, 4.69) is 9.80 Å². The Balaban J connectivity index is 4.11. The molecule has 0 unspecified atom stereocenters. The third-order valence-corrected chi connectivity index (χ3v) is 2.91. The molecule has 0 aliphatic carbocycles.